The van der Waals surface area contributed by atoms with Crippen LogP contribution in [0, 0.1) is 6.92 Å². The second kappa shape index (κ2) is 7.75. The third-order valence-electron chi connectivity index (χ3n) is 3.71. The molecular weight excluding hydrogens is 296 g/mol. The standard InChI is InChI=1S/C21H21N2O/c1-17-6-8-18(9-7-17)15-23(2)16-19-10-12-20(13-11-19)24-21-5-3-4-14-22-21/h3-14H,1,15-16H2,2H3. The largest absolute Gasteiger partial charge is 0.439 e. The van der Waals surface area contributed by atoms with Gasteiger partial charge in [-0.2, -0.15) is 0 Å². The van der Waals surface area contributed by atoms with Crippen LogP contribution in [0.2, 0.25) is 0 Å². The Morgan fingerprint density at radius 3 is 2.08 bits per heavy atom. The van der Waals surface area contributed by atoms with Gasteiger partial charge in [0.1, 0.15) is 5.75 Å². The predicted molar refractivity (Wildman–Crippen MR) is 96.8 cm³/mol. The van der Waals surface area contributed by atoms with Crippen molar-refractivity contribution in [2.45, 2.75) is 13.1 Å². The van der Waals surface area contributed by atoms with E-state index in [1.165, 1.54) is 11.1 Å². The first-order valence-corrected chi connectivity index (χ1v) is 7.96. The number of hydrogen-bond acceptors (Lipinski definition) is 3. The van der Waals surface area contributed by atoms with Crippen molar-refractivity contribution in [3.05, 3.63) is 96.5 Å². The normalized spacial score (nSPS) is 10.8. The van der Waals surface area contributed by atoms with Gasteiger partial charge in [-0.15, -0.1) is 0 Å². The Hall–Kier alpha value is -2.65. The average molecular weight is 317 g/mol. The fraction of sp³-hybridized carbons (Fsp3) is 0.143. The van der Waals surface area contributed by atoms with Crippen molar-refractivity contribution >= 4 is 0 Å². The number of nitrogens with zero attached hydrogens (tertiary/aromatic N) is 2. The minimum Gasteiger partial charge on any atom is -0.439 e. The number of hydrogen-bond donors (Lipinski definition) is 0. The van der Waals surface area contributed by atoms with Gasteiger partial charge in [0, 0.05) is 25.4 Å². The molecule has 0 unspecified atom stereocenters. The summed E-state index contributed by atoms with van der Waals surface area (Å²) in [4.78, 5) is 6.45. The highest BCUT2D eigenvalue weighted by Gasteiger charge is 2.03. The summed E-state index contributed by atoms with van der Waals surface area (Å²) in [6.45, 7) is 5.71. The molecule has 1 heterocycles. The molecule has 0 saturated carbocycles. The first-order chi connectivity index (χ1) is 11.7. The van der Waals surface area contributed by atoms with Gasteiger partial charge in [0.05, 0.1) is 0 Å². The van der Waals surface area contributed by atoms with E-state index in [0.717, 1.165) is 24.4 Å². The van der Waals surface area contributed by atoms with Crippen LogP contribution >= 0.6 is 0 Å². The maximum Gasteiger partial charge on any atom is 0.219 e. The molecule has 1 aromatic heterocycles. The highest BCUT2D eigenvalue weighted by molar-refractivity contribution is 5.30. The fourth-order valence-electron chi connectivity index (χ4n) is 2.52. The van der Waals surface area contributed by atoms with Gasteiger partial charge in [-0.1, -0.05) is 42.5 Å². The second-order valence-electron chi connectivity index (χ2n) is 5.90. The Bertz CT molecular complexity index is 752. The number of pyridine rings is 1. The number of benzene rings is 2. The summed E-state index contributed by atoms with van der Waals surface area (Å²) in [5.41, 5.74) is 3.59. The van der Waals surface area contributed by atoms with Gasteiger partial charge in [-0.3, -0.25) is 4.90 Å². The van der Waals surface area contributed by atoms with E-state index in [1.807, 2.05) is 42.5 Å². The smallest absolute Gasteiger partial charge is 0.219 e. The Labute approximate surface area is 143 Å². The molecule has 121 valence electrons. The van der Waals surface area contributed by atoms with E-state index in [1.54, 1.807) is 6.20 Å². The highest BCUT2D eigenvalue weighted by atomic mass is 16.5. The van der Waals surface area contributed by atoms with Crippen LogP contribution in [0.4, 0.5) is 0 Å². The van der Waals surface area contributed by atoms with Crippen molar-refractivity contribution in [3.8, 4) is 11.6 Å². The lowest BCUT2D eigenvalue weighted by Crippen LogP contribution is -2.17. The molecule has 1 radical (unpaired) electrons. The van der Waals surface area contributed by atoms with E-state index in [9.17, 15) is 0 Å². The van der Waals surface area contributed by atoms with Crippen LogP contribution in [0.15, 0.2) is 72.9 Å². The summed E-state index contributed by atoms with van der Waals surface area (Å²) >= 11 is 0. The van der Waals surface area contributed by atoms with Gasteiger partial charge in [0.15, 0.2) is 0 Å². The Morgan fingerprint density at radius 2 is 1.50 bits per heavy atom. The summed E-state index contributed by atoms with van der Waals surface area (Å²) < 4.78 is 5.71. The van der Waals surface area contributed by atoms with Crippen LogP contribution in [0.3, 0.4) is 0 Å². The number of rotatable bonds is 6. The molecule has 3 aromatic rings. The maximum atomic E-state index is 5.71. The zero-order valence-electron chi connectivity index (χ0n) is 13.9. The summed E-state index contributed by atoms with van der Waals surface area (Å²) in [6.07, 6.45) is 1.72. The van der Waals surface area contributed by atoms with Crippen molar-refractivity contribution in [1.82, 2.24) is 9.88 Å². The average Bonchev–Trinajstić information content (AvgIpc) is 2.60. The zero-order valence-corrected chi connectivity index (χ0v) is 13.9. The number of aromatic nitrogens is 1. The van der Waals surface area contributed by atoms with Gasteiger partial charge < -0.3 is 4.74 Å². The first-order valence-electron chi connectivity index (χ1n) is 7.96. The van der Waals surface area contributed by atoms with Crippen molar-refractivity contribution < 1.29 is 4.74 Å². The Kier molecular flexibility index (Phi) is 5.24. The minimum absolute atomic E-state index is 0.608. The molecule has 3 nitrogen and oxygen atoms in total. The molecule has 3 heteroatoms. The molecule has 0 atom stereocenters. The van der Waals surface area contributed by atoms with Gasteiger partial charge >= 0.3 is 0 Å². The molecule has 2 aromatic carbocycles. The van der Waals surface area contributed by atoms with Gasteiger partial charge in [0.25, 0.3) is 0 Å². The van der Waals surface area contributed by atoms with Crippen molar-refractivity contribution in [1.29, 1.82) is 0 Å². The molecule has 0 amide bonds. The molecular formula is C21H21N2O. The van der Waals surface area contributed by atoms with Gasteiger partial charge in [0.2, 0.25) is 5.88 Å². The summed E-state index contributed by atoms with van der Waals surface area (Å²) in [5, 5.41) is 0. The second-order valence-corrected chi connectivity index (χ2v) is 5.90. The quantitative estimate of drug-likeness (QED) is 0.659. The molecule has 0 fully saturated rings. The van der Waals surface area contributed by atoms with Crippen molar-refractivity contribution in [2.75, 3.05) is 7.05 Å². The Balaban J connectivity index is 1.56. The third-order valence-corrected chi connectivity index (χ3v) is 3.71. The van der Waals surface area contributed by atoms with Crippen LogP contribution in [-0.4, -0.2) is 16.9 Å². The summed E-state index contributed by atoms with van der Waals surface area (Å²) in [6, 6.07) is 22.1. The summed E-state index contributed by atoms with van der Waals surface area (Å²) in [7, 11) is 2.12. The van der Waals surface area contributed by atoms with Crippen LogP contribution in [-0.2, 0) is 13.1 Å². The van der Waals surface area contributed by atoms with Crippen LogP contribution < -0.4 is 4.74 Å². The predicted octanol–water partition coefficient (Wildman–Crippen LogP) is 4.69. The molecule has 0 N–H and O–H groups in total. The maximum absolute atomic E-state index is 5.71. The van der Waals surface area contributed by atoms with E-state index in [-0.39, 0.29) is 0 Å². The molecule has 24 heavy (non-hydrogen) atoms. The molecule has 0 saturated heterocycles. The zero-order chi connectivity index (χ0) is 16.8. The highest BCUT2D eigenvalue weighted by Crippen LogP contribution is 2.20. The monoisotopic (exact) mass is 317 g/mol. The molecule has 0 aliphatic heterocycles. The van der Waals surface area contributed by atoms with Crippen LogP contribution in [0.1, 0.15) is 16.7 Å². The third kappa shape index (κ3) is 4.67. The number of ether oxygens (including phenoxy) is 1. The van der Waals surface area contributed by atoms with Crippen molar-refractivity contribution in [2.24, 2.45) is 0 Å². The molecule has 3 rings (SSSR count). The lowest BCUT2D eigenvalue weighted by atomic mass is 10.1. The van der Waals surface area contributed by atoms with E-state index in [2.05, 4.69) is 48.1 Å². The van der Waals surface area contributed by atoms with Gasteiger partial charge in [-0.25, -0.2) is 4.98 Å². The van der Waals surface area contributed by atoms with Crippen molar-refractivity contribution in [3.63, 3.8) is 0 Å². The lowest BCUT2D eigenvalue weighted by Gasteiger charge is -2.17. The SMILES string of the molecule is [CH2]c1ccc(CN(C)Cc2ccc(Oc3ccccn3)cc2)cc1. The summed E-state index contributed by atoms with van der Waals surface area (Å²) in [5.74, 6) is 1.40. The first kappa shape index (κ1) is 16.2. The lowest BCUT2D eigenvalue weighted by molar-refractivity contribution is 0.319. The van der Waals surface area contributed by atoms with Gasteiger partial charge in [-0.05, 0) is 48.9 Å². The van der Waals surface area contributed by atoms with E-state index in [4.69, 9.17) is 4.74 Å². The molecule has 0 bridgehead atoms. The fourth-order valence-corrected chi connectivity index (χ4v) is 2.52. The molecule has 0 aliphatic carbocycles. The molecule has 0 spiro atoms. The van der Waals surface area contributed by atoms with E-state index < -0.39 is 0 Å². The molecule has 0 aliphatic rings. The minimum atomic E-state index is 0.608. The topological polar surface area (TPSA) is 25.4 Å². The Morgan fingerprint density at radius 1 is 0.875 bits per heavy atom. The van der Waals surface area contributed by atoms with Crippen LogP contribution in [0.25, 0.3) is 0 Å². The van der Waals surface area contributed by atoms with E-state index in [0.29, 0.717) is 5.88 Å². The van der Waals surface area contributed by atoms with Crippen LogP contribution in [0.5, 0.6) is 11.6 Å². The van der Waals surface area contributed by atoms with E-state index >= 15 is 0 Å².